The number of hydrogen-bond donors (Lipinski definition) is 0. The second-order valence-corrected chi connectivity index (χ2v) is 6.52. The third kappa shape index (κ3) is 3.59. The molecule has 2 fully saturated rings. The molecule has 1 aliphatic carbocycles. The number of benzene rings is 1. The standard InChI is InChI=1S/C18H23FN2O3/c1-24-18(23)16-11-15(19)6-5-14(16)12-20-7-9-21(10-8-20)17(22)13-3-2-4-13/h5-6,11,13H,2-4,7-10,12H2,1H3. The van der Waals surface area contributed by atoms with Crippen molar-refractivity contribution in [1.29, 1.82) is 0 Å². The van der Waals surface area contributed by atoms with E-state index in [2.05, 4.69) is 4.90 Å². The van der Waals surface area contributed by atoms with Crippen LogP contribution in [0, 0.1) is 11.7 Å². The molecule has 0 N–H and O–H groups in total. The molecule has 1 amide bonds. The van der Waals surface area contributed by atoms with Crippen LogP contribution in [0.3, 0.4) is 0 Å². The van der Waals surface area contributed by atoms with Crippen LogP contribution in [-0.4, -0.2) is 55.0 Å². The summed E-state index contributed by atoms with van der Waals surface area (Å²) in [6.07, 6.45) is 3.21. The fourth-order valence-electron chi connectivity index (χ4n) is 3.27. The van der Waals surface area contributed by atoms with Gasteiger partial charge in [-0.2, -0.15) is 0 Å². The molecule has 130 valence electrons. The van der Waals surface area contributed by atoms with Crippen LogP contribution in [0.1, 0.15) is 35.2 Å². The highest BCUT2D eigenvalue weighted by atomic mass is 19.1. The van der Waals surface area contributed by atoms with Crippen molar-refractivity contribution in [3.63, 3.8) is 0 Å². The number of ether oxygens (including phenoxy) is 1. The third-order valence-electron chi connectivity index (χ3n) is 5.01. The maximum Gasteiger partial charge on any atom is 0.338 e. The molecule has 0 radical (unpaired) electrons. The van der Waals surface area contributed by atoms with Gasteiger partial charge < -0.3 is 9.64 Å². The van der Waals surface area contributed by atoms with Gasteiger partial charge in [-0.3, -0.25) is 9.69 Å². The van der Waals surface area contributed by atoms with Crippen molar-refractivity contribution in [2.24, 2.45) is 5.92 Å². The minimum Gasteiger partial charge on any atom is -0.465 e. The number of carbonyl (C=O) groups excluding carboxylic acids is 2. The van der Waals surface area contributed by atoms with E-state index < -0.39 is 11.8 Å². The van der Waals surface area contributed by atoms with E-state index in [1.165, 1.54) is 19.2 Å². The molecule has 0 aromatic heterocycles. The molecular formula is C18H23FN2O3. The summed E-state index contributed by atoms with van der Waals surface area (Å²) in [7, 11) is 1.29. The van der Waals surface area contributed by atoms with Crippen LogP contribution in [0.25, 0.3) is 0 Å². The Balaban J connectivity index is 1.60. The van der Waals surface area contributed by atoms with Gasteiger partial charge in [0.1, 0.15) is 5.82 Å². The highest BCUT2D eigenvalue weighted by Gasteiger charge is 2.31. The van der Waals surface area contributed by atoms with Crippen LogP contribution in [0.15, 0.2) is 18.2 Å². The Morgan fingerprint density at radius 2 is 1.92 bits per heavy atom. The maximum absolute atomic E-state index is 13.4. The first-order chi connectivity index (χ1) is 11.6. The highest BCUT2D eigenvalue weighted by Crippen LogP contribution is 2.28. The summed E-state index contributed by atoms with van der Waals surface area (Å²) in [4.78, 5) is 28.2. The smallest absolute Gasteiger partial charge is 0.338 e. The van der Waals surface area contributed by atoms with Crippen molar-refractivity contribution < 1.29 is 18.7 Å². The van der Waals surface area contributed by atoms with E-state index in [1.54, 1.807) is 6.07 Å². The van der Waals surface area contributed by atoms with Crippen molar-refractivity contribution in [2.75, 3.05) is 33.3 Å². The number of piperazine rings is 1. The Labute approximate surface area is 141 Å². The first-order valence-electron chi connectivity index (χ1n) is 8.46. The molecule has 0 spiro atoms. The number of methoxy groups -OCH3 is 1. The van der Waals surface area contributed by atoms with Gasteiger partial charge in [0.25, 0.3) is 0 Å². The molecule has 0 bridgehead atoms. The van der Waals surface area contributed by atoms with E-state index in [0.717, 1.165) is 37.9 Å². The Bertz CT molecular complexity index is 623. The minimum absolute atomic E-state index is 0.236. The van der Waals surface area contributed by atoms with E-state index in [9.17, 15) is 14.0 Å². The summed E-state index contributed by atoms with van der Waals surface area (Å²) in [5.74, 6) is -0.448. The number of rotatable bonds is 4. The summed E-state index contributed by atoms with van der Waals surface area (Å²) in [5, 5.41) is 0. The fourth-order valence-corrected chi connectivity index (χ4v) is 3.27. The molecule has 6 heteroatoms. The highest BCUT2D eigenvalue weighted by molar-refractivity contribution is 5.91. The van der Waals surface area contributed by atoms with Gasteiger partial charge in [0, 0.05) is 38.6 Å². The molecular weight excluding hydrogens is 311 g/mol. The number of hydrogen-bond acceptors (Lipinski definition) is 4. The number of halogens is 1. The topological polar surface area (TPSA) is 49.9 Å². The Morgan fingerprint density at radius 1 is 1.21 bits per heavy atom. The van der Waals surface area contributed by atoms with Crippen LogP contribution < -0.4 is 0 Å². The predicted octanol–water partition coefficient (Wildman–Crippen LogP) is 2.06. The molecule has 5 nitrogen and oxygen atoms in total. The average molecular weight is 334 g/mol. The SMILES string of the molecule is COC(=O)c1cc(F)ccc1CN1CCN(C(=O)C2CCC2)CC1. The number of carbonyl (C=O) groups is 2. The van der Waals surface area contributed by atoms with Crippen molar-refractivity contribution in [3.05, 3.63) is 35.1 Å². The van der Waals surface area contributed by atoms with Gasteiger partial charge >= 0.3 is 5.97 Å². The Morgan fingerprint density at radius 3 is 2.50 bits per heavy atom. The molecule has 1 saturated carbocycles. The second kappa shape index (κ2) is 7.30. The molecule has 1 aromatic rings. The summed E-state index contributed by atoms with van der Waals surface area (Å²) in [6, 6.07) is 4.21. The first-order valence-corrected chi connectivity index (χ1v) is 8.46. The summed E-state index contributed by atoms with van der Waals surface area (Å²) >= 11 is 0. The van der Waals surface area contributed by atoms with E-state index >= 15 is 0 Å². The molecule has 0 unspecified atom stereocenters. The van der Waals surface area contributed by atoms with E-state index in [0.29, 0.717) is 19.6 Å². The van der Waals surface area contributed by atoms with Crippen LogP contribution in [0.4, 0.5) is 4.39 Å². The molecule has 1 saturated heterocycles. The maximum atomic E-state index is 13.4. The normalized spacial score (nSPS) is 19.0. The van der Waals surface area contributed by atoms with Crippen LogP contribution in [-0.2, 0) is 16.1 Å². The first kappa shape index (κ1) is 16.9. The van der Waals surface area contributed by atoms with Crippen molar-refractivity contribution in [2.45, 2.75) is 25.8 Å². The summed E-state index contributed by atoms with van der Waals surface area (Å²) in [5.41, 5.74) is 1.02. The van der Waals surface area contributed by atoms with Crippen molar-refractivity contribution in [1.82, 2.24) is 9.80 Å². The van der Waals surface area contributed by atoms with E-state index in [1.807, 2.05) is 4.90 Å². The van der Waals surface area contributed by atoms with Crippen LogP contribution in [0.2, 0.25) is 0 Å². The zero-order valence-electron chi connectivity index (χ0n) is 14.0. The van der Waals surface area contributed by atoms with Gasteiger partial charge in [-0.1, -0.05) is 12.5 Å². The quantitative estimate of drug-likeness (QED) is 0.791. The van der Waals surface area contributed by atoms with Gasteiger partial charge in [0.15, 0.2) is 0 Å². The Kier molecular flexibility index (Phi) is 5.14. The molecule has 2 aliphatic rings. The van der Waals surface area contributed by atoms with E-state index in [4.69, 9.17) is 4.74 Å². The lowest BCUT2D eigenvalue weighted by Crippen LogP contribution is -2.50. The van der Waals surface area contributed by atoms with Gasteiger partial charge in [-0.25, -0.2) is 9.18 Å². The molecule has 1 heterocycles. The zero-order chi connectivity index (χ0) is 17.1. The molecule has 1 aliphatic heterocycles. The van der Waals surface area contributed by atoms with Gasteiger partial charge in [0.05, 0.1) is 12.7 Å². The number of nitrogens with zero attached hydrogens (tertiary/aromatic N) is 2. The van der Waals surface area contributed by atoms with Crippen molar-refractivity contribution in [3.8, 4) is 0 Å². The molecule has 1 aromatic carbocycles. The molecule has 0 atom stereocenters. The second-order valence-electron chi connectivity index (χ2n) is 6.52. The zero-order valence-corrected chi connectivity index (χ0v) is 14.0. The molecule has 24 heavy (non-hydrogen) atoms. The predicted molar refractivity (Wildman–Crippen MR) is 86.9 cm³/mol. The fraction of sp³-hybridized carbons (Fsp3) is 0.556. The van der Waals surface area contributed by atoms with Gasteiger partial charge in [0.2, 0.25) is 5.91 Å². The summed E-state index contributed by atoms with van der Waals surface area (Å²) in [6.45, 7) is 3.50. The van der Waals surface area contributed by atoms with Gasteiger partial charge in [-0.15, -0.1) is 0 Å². The Hall–Kier alpha value is -1.95. The largest absolute Gasteiger partial charge is 0.465 e. The molecule has 3 rings (SSSR count). The van der Waals surface area contributed by atoms with Crippen LogP contribution >= 0.6 is 0 Å². The van der Waals surface area contributed by atoms with Gasteiger partial charge in [-0.05, 0) is 30.5 Å². The lowest BCUT2D eigenvalue weighted by atomic mass is 9.84. The monoisotopic (exact) mass is 334 g/mol. The van der Waals surface area contributed by atoms with E-state index in [-0.39, 0.29) is 17.4 Å². The number of amides is 1. The summed E-state index contributed by atoms with van der Waals surface area (Å²) < 4.78 is 18.1. The lowest BCUT2D eigenvalue weighted by molar-refractivity contribution is -0.140. The average Bonchev–Trinajstić information content (AvgIpc) is 2.54. The number of esters is 1. The minimum atomic E-state index is -0.525. The van der Waals surface area contributed by atoms with Crippen LogP contribution in [0.5, 0.6) is 0 Å². The lowest BCUT2D eigenvalue weighted by Gasteiger charge is -2.38. The van der Waals surface area contributed by atoms with Crippen molar-refractivity contribution >= 4 is 11.9 Å². The third-order valence-corrected chi connectivity index (χ3v) is 5.01.